The molecule has 4 fully saturated rings. The number of hydrogen-bond donors (Lipinski definition) is 1. The second-order valence-electron chi connectivity index (χ2n) is 8.84. The Kier molecular flexibility index (Phi) is 3.87. The zero-order chi connectivity index (χ0) is 18.6. The van der Waals surface area contributed by atoms with Gasteiger partial charge in [0.05, 0.1) is 10.6 Å². The van der Waals surface area contributed by atoms with Gasteiger partial charge in [-0.25, -0.2) is 12.8 Å². The van der Waals surface area contributed by atoms with Crippen LogP contribution in [-0.4, -0.2) is 8.42 Å². The molecule has 27 heavy (non-hydrogen) atoms. The molecule has 5 heteroatoms. The Morgan fingerprint density at radius 3 is 2.04 bits per heavy atom. The van der Waals surface area contributed by atoms with Crippen LogP contribution in [0.3, 0.4) is 0 Å². The maximum Gasteiger partial charge on any atom is 0.261 e. The number of anilines is 1. The van der Waals surface area contributed by atoms with E-state index in [9.17, 15) is 12.8 Å². The molecule has 3 nitrogen and oxygen atoms in total. The van der Waals surface area contributed by atoms with Gasteiger partial charge in [0.2, 0.25) is 0 Å². The third-order valence-corrected chi connectivity index (χ3v) is 8.29. The second kappa shape index (κ2) is 6.06. The minimum atomic E-state index is -3.72. The fraction of sp³-hybridized carbons (Fsp3) is 0.455. The molecule has 1 N–H and O–H groups in total. The summed E-state index contributed by atoms with van der Waals surface area (Å²) in [5, 5.41) is 0. The Labute approximate surface area is 160 Å². The fourth-order valence-electron chi connectivity index (χ4n) is 6.22. The Morgan fingerprint density at radius 1 is 0.889 bits per heavy atom. The summed E-state index contributed by atoms with van der Waals surface area (Å²) >= 11 is 0. The molecule has 142 valence electrons. The van der Waals surface area contributed by atoms with Crippen molar-refractivity contribution in [1.29, 1.82) is 0 Å². The summed E-state index contributed by atoms with van der Waals surface area (Å²) in [5.41, 5.74) is 1.79. The van der Waals surface area contributed by atoms with Gasteiger partial charge < -0.3 is 0 Å². The van der Waals surface area contributed by atoms with Crippen LogP contribution in [0.4, 0.5) is 10.1 Å². The molecule has 0 aromatic heterocycles. The standard InChI is InChI=1S/C22H24FNO2S/c23-19-2-1-3-20(11-19)24-27(25,26)21-6-4-18(5-7-21)22-12-15-8-16(13-22)10-17(9-15)14-22/h1-7,11,15-17,24H,8-10,12-14H2. The zero-order valence-corrected chi connectivity index (χ0v) is 16.0. The van der Waals surface area contributed by atoms with Crippen LogP contribution in [0.5, 0.6) is 0 Å². The smallest absolute Gasteiger partial charge is 0.261 e. The van der Waals surface area contributed by atoms with Gasteiger partial charge in [0.15, 0.2) is 0 Å². The van der Waals surface area contributed by atoms with Crippen molar-refractivity contribution in [3.05, 3.63) is 59.9 Å². The van der Waals surface area contributed by atoms with E-state index in [1.807, 2.05) is 12.1 Å². The van der Waals surface area contributed by atoms with E-state index in [0.717, 1.165) is 17.8 Å². The molecule has 2 aromatic carbocycles. The van der Waals surface area contributed by atoms with E-state index < -0.39 is 15.8 Å². The third-order valence-electron chi connectivity index (χ3n) is 6.89. The molecule has 0 unspecified atom stereocenters. The molecule has 6 rings (SSSR count). The zero-order valence-electron chi connectivity index (χ0n) is 15.2. The van der Waals surface area contributed by atoms with E-state index in [4.69, 9.17) is 0 Å². The topological polar surface area (TPSA) is 46.2 Å². The van der Waals surface area contributed by atoms with Gasteiger partial charge in [0.1, 0.15) is 5.82 Å². The summed E-state index contributed by atoms with van der Waals surface area (Å²) in [5.74, 6) is 2.10. The highest BCUT2D eigenvalue weighted by atomic mass is 32.2. The van der Waals surface area contributed by atoms with Crippen LogP contribution in [0, 0.1) is 23.6 Å². The van der Waals surface area contributed by atoms with E-state index >= 15 is 0 Å². The van der Waals surface area contributed by atoms with Crippen molar-refractivity contribution in [2.75, 3.05) is 4.72 Å². The van der Waals surface area contributed by atoms with E-state index in [2.05, 4.69) is 4.72 Å². The van der Waals surface area contributed by atoms with Gasteiger partial charge in [-0.05, 0) is 97.6 Å². The predicted molar refractivity (Wildman–Crippen MR) is 104 cm³/mol. The van der Waals surface area contributed by atoms with Crippen molar-refractivity contribution in [2.45, 2.75) is 48.8 Å². The van der Waals surface area contributed by atoms with Crippen molar-refractivity contribution in [2.24, 2.45) is 17.8 Å². The Bertz CT molecular complexity index is 933. The van der Waals surface area contributed by atoms with Crippen LogP contribution in [0.25, 0.3) is 0 Å². The second-order valence-corrected chi connectivity index (χ2v) is 10.5. The Hall–Kier alpha value is -1.88. The molecule has 0 heterocycles. The Morgan fingerprint density at radius 2 is 1.48 bits per heavy atom. The Balaban J connectivity index is 1.40. The minimum Gasteiger partial charge on any atom is -0.280 e. The fourth-order valence-corrected chi connectivity index (χ4v) is 7.27. The van der Waals surface area contributed by atoms with E-state index in [-0.39, 0.29) is 16.0 Å². The maximum atomic E-state index is 13.3. The van der Waals surface area contributed by atoms with Crippen LogP contribution < -0.4 is 4.72 Å². The summed E-state index contributed by atoms with van der Waals surface area (Å²) in [7, 11) is -3.72. The summed E-state index contributed by atoms with van der Waals surface area (Å²) in [4.78, 5) is 0.222. The van der Waals surface area contributed by atoms with Gasteiger partial charge >= 0.3 is 0 Å². The summed E-state index contributed by atoms with van der Waals surface area (Å²) < 4.78 is 41.1. The number of hydrogen-bond acceptors (Lipinski definition) is 2. The molecule has 0 saturated heterocycles. The SMILES string of the molecule is O=S(=O)(Nc1cccc(F)c1)c1ccc(C23CC4CC(CC(C4)C2)C3)cc1. The molecule has 2 aromatic rings. The van der Waals surface area contributed by atoms with Crippen molar-refractivity contribution >= 4 is 15.7 Å². The molecule has 4 saturated carbocycles. The monoisotopic (exact) mass is 385 g/mol. The highest BCUT2D eigenvalue weighted by molar-refractivity contribution is 7.92. The molecule has 0 spiro atoms. The van der Waals surface area contributed by atoms with E-state index in [1.165, 1.54) is 62.3 Å². The summed E-state index contributed by atoms with van der Waals surface area (Å²) in [6.45, 7) is 0. The van der Waals surface area contributed by atoms with Crippen LogP contribution in [-0.2, 0) is 15.4 Å². The van der Waals surface area contributed by atoms with E-state index in [1.54, 1.807) is 18.2 Å². The van der Waals surface area contributed by atoms with Crippen LogP contribution >= 0.6 is 0 Å². The lowest BCUT2D eigenvalue weighted by molar-refractivity contribution is -0.00521. The average molecular weight is 386 g/mol. The molecular weight excluding hydrogens is 361 g/mol. The number of halogens is 1. The lowest BCUT2D eigenvalue weighted by Crippen LogP contribution is -2.48. The first-order chi connectivity index (χ1) is 12.9. The number of benzene rings is 2. The molecule has 4 bridgehead atoms. The highest BCUT2D eigenvalue weighted by Gasteiger charge is 2.51. The van der Waals surface area contributed by atoms with Crippen molar-refractivity contribution in [3.63, 3.8) is 0 Å². The molecule has 0 radical (unpaired) electrons. The van der Waals surface area contributed by atoms with Gasteiger partial charge in [-0.1, -0.05) is 18.2 Å². The van der Waals surface area contributed by atoms with E-state index in [0.29, 0.717) is 0 Å². The van der Waals surface area contributed by atoms with Crippen LogP contribution in [0.15, 0.2) is 53.4 Å². The lowest BCUT2D eigenvalue weighted by Gasteiger charge is -2.57. The number of nitrogens with one attached hydrogen (secondary N) is 1. The summed E-state index contributed by atoms with van der Waals surface area (Å²) in [6, 6.07) is 12.9. The first-order valence-corrected chi connectivity index (χ1v) is 11.3. The van der Waals surface area contributed by atoms with Gasteiger partial charge in [0.25, 0.3) is 10.0 Å². The first-order valence-electron chi connectivity index (χ1n) is 9.81. The molecule has 4 aliphatic rings. The quantitative estimate of drug-likeness (QED) is 0.796. The van der Waals surface area contributed by atoms with Crippen molar-refractivity contribution in [1.82, 2.24) is 0 Å². The highest BCUT2D eigenvalue weighted by Crippen LogP contribution is 2.60. The maximum absolute atomic E-state index is 13.3. The first kappa shape index (κ1) is 17.2. The molecular formula is C22H24FNO2S. The molecule has 0 amide bonds. The predicted octanol–water partition coefficient (Wildman–Crippen LogP) is 5.09. The average Bonchev–Trinajstić information content (AvgIpc) is 2.60. The molecule has 0 atom stereocenters. The van der Waals surface area contributed by atoms with Crippen molar-refractivity contribution < 1.29 is 12.8 Å². The van der Waals surface area contributed by atoms with Crippen LogP contribution in [0.1, 0.15) is 44.1 Å². The number of rotatable bonds is 4. The van der Waals surface area contributed by atoms with Crippen LogP contribution in [0.2, 0.25) is 0 Å². The van der Waals surface area contributed by atoms with Crippen molar-refractivity contribution in [3.8, 4) is 0 Å². The molecule has 0 aliphatic heterocycles. The number of sulfonamides is 1. The third kappa shape index (κ3) is 3.06. The van der Waals surface area contributed by atoms with Gasteiger partial charge in [0, 0.05) is 0 Å². The normalized spacial score (nSPS) is 31.8. The summed E-state index contributed by atoms with van der Waals surface area (Å²) in [6.07, 6.45) is 7.95. The van der Waals surface area contributed by atoms with Gasteiger partial charge in [-0.3, -0.25) is 4.72 Å². The van der Waals surface area contributed by atoms with Gasteiger partial charge in [-0.15, -0.1) is 0 Å². The molecule has 4 aliphatic carbocycles. The van der Waals surface area contributed by atoms with Gasteiger partial charge in [-0.2, -0.15) is 0 Å². The minimum absolute atomic E-state index is 0.222. The largest absolute Gasteiger partial charge is 0.280 e. The lowest BCUT2D eigenvalue weighted by atomic mass is 9.48.